The number of carbonyl (C=O) groups is 2. The summed E-state index contributed by atoms with van der Waals surface area (Å²) in [4.78, 5) is 33.8. The van der Waals surface area contributed by atoms with Crippen LogP contribution in [-0.2, 0) is 24.8 Å². The Morgan fingerprint density at radius 2 is 2.10 bits per heavy atom. The number of aliphatic carboxylic acids is 2. The number of nitrogen functional groups attached to an aromatic ring is 1. The first-order valence-corrected chi connectivity index (χ1v) is 8.63. The summed E-state index contributed by atoms with van der Waals surface area (Å²) in [6.45, 7) is 0.584. The maximum atomic E-state index is 11.0. The number of terminal acetylenes is 1. The minimum atomic E-state index is -2.38. The number of hydrogen-bond acceptors (Lipinski definition) is 10. The lowest BCUT2D eigenvalue weighted by Gasteiger charge is -2.30. The van der Waals surface area contributed by atoms with Gasteiger partial charge in [0.2, 0.25) is 5.28 Å². The predicted octanol–water partition coefficient (Wildman–Crippen LogP) is -1.59. The van der Waals surface area contributed by atoms with Crippen LogP contribution in [0.3, 0.4) is 0 Å². The average Bonchev–Trinajstić information content (AvgIpc) is 3.16. The summed E-state index contributed by atoms with van der Waals surface area (Å²) >= 11 is 5.84. The topological polar surface area (TPSA) is 203 Å². The van der Waals surface area contributed by atoms with Crippen LogP contribution >= 0.6 is 11.6 Å². The van der Waals surface area contributed by atoms with Crippen molar-refractivity contribution in [1.82, 2.24) is 19.5 Å². The van der Waals surface area contributed by atoms with Gasteiger partial charge in [0, 0.05) is 0 Å². The van der Waals surface area contributed by atoms with Crippen LogP contribution in [-0.4, -0.2) is 82.4 Å². The Bertz CT molecular complexity index is 1060. The molecule has 1 aliphatic rings. The normalized spacial score (nSPS) is 28.7. The van der Waals surface area contributed by atoms with Gasteiger partial charge in [0.15, 0.2) is 22.8 Å². The van der Waals surface area contributed by atoms with E-state index in [0.29, 0.717) is 0 Å². The first kappa shape index (κ1) is 21.7. The van der Waals surface area contributed by atoms with E-state index < -0.39 is 48.2 Å². The maximum Gasteiger partial charge on any atom is 0.344 e. The van der Waals surface area contributed by atoms with E-state index >= 15 is 0 Å². The van der Waals surface area contributed by atoms with Gasteiger partial charge in [0.05, 0.1) is 12.9 Å². The number of aromatic nitrogens is 4. The highest BCUT2D eigenvalue weighted by Gasteiger charge is 2.62. The molecule has 1 saturated heterocycles. The molecule has 4 atom stereocenters. The molecule has 1 fully saturated rings. The van der Waals surface area contributed by atoms with Crippen molar-refractivity contribution in [3.8, 4) is 12.3 Å². The fourth-order valence-electron chi connectivity index (χ4n) is 3.20. The molecule has 0 aromatic carbocycles. The van der Waals surface area contributed by atoms with Gasteiger partial charge in [-0.3, -0.25) is 4.57 Å². The second-order valence-corrected chi connectivity index (χ2v) is 6.93. The van der Waals surface area contributed by atoms with Crippen molar-refractivity contribution in [2.75, 3.05) is 12.3 Å². The lowest BCUT2D eigenvalue weighted by Crippen LogP contribution is -2.52. The van der Waals surface area contributed by atoms with Crippen molar-refractivity contribution in [1.29, 1.82) is 0 Å². The molecule has 0 aliphatic carbocycles. The van der Waals surface area contributed by atoms with Crippen molar-refractivity contribution in [3.05, 3.63) is 11.6 Å². The molecule has 2 aromatic heterocycles. The number of anilines is 1. The van der Waals surface area contributed by atoms with Gasteiger partial charge in [-0.05, 0) is 18.5 Å². The van der Waals surface area contributed by atoms with Gasteiger partial charge in [0.1, 0.15) is 17.7 Å². The van der Waals surface area contributed by atoms with Gasteiger partial charge < -0.3 is 35.6 Å². The lowest BCUT2D eigenvalue weighted by atomic mass is 9.89. The first-order chi connectivity index (χ1) is 14.0. The number of carboxylic acids is 2. The SMILES string of the molecule is C#C[C@]1(O)[C@@H](O)[C@](C)(n2cnc3c(N)nc(Cl)nc32)O[C@@H]1COC(C(=O)O)C(=O)O. The molecule has 0 unspecified atom stereocenters. The Hall–Kier alpha value is -3.02. The molecule has 6 N–H and O–H groups in total. The molecule has 30 heavy (non-hydrogen) atoms. The van der Waals surface area contributed by atoms with Gasteiger partial charge >= 0.3 is 11.9 Å². The van der Waals surface area contributed by atoms with Crippen LogP contribution in [0.5, 0.6) is 0 Å². The van der Waals surface area contributed by atoms with Crippen molar-refractivity contribution in [2.24, 2.45) is 0 Å². The second-order valence-electron chi connectivity index (χ2n) is 6.59. The molecule has 3 rings (SSSR count). The van der Waals surface area contributed by atoms with E-state index in [-0.39, 0.29) is 22.3 Å². The third kappa shape index (κ3) is 3.20. The zero-order chi connectivity index (χ0) is 22.4. The van der Waals surface area contributed by atoms with Crippen molar-refractivity contribution >= 4 is 40.5 Å². The molecule has 1 aliphatic heterocycles. The van der Waals surface area contributed by atoms with Gasteiger partial charge in [-0.1, -0.05) is 5.92 Å². The number of aliphatic hydroxyl groups excluding tert-OH is 1. The third-order valence-corrected chi connectivity index (χ3v) is 4.93. The quantitative estimate of drug-likeness (QED) is 0.195. The molecule has 2 aromatic rings. The molecule has 14 heteroatoms. The van der Waals surface area contributed by atoms with Crippen LogP contribution in [0.25, 0.3) is 11.2 Å². The molecule has 0 spiro atoms. The van der Waals surface area contributed by atoms with Gasteiger partial charge in [-0.2, -0.15) is 9.97 Å². The van der Waals surface area contributed by atoms with Crippen LogP contribution < -0.4 is 5.73 Å². The van der Waals surface area contributed by atoms with E-state index in [1.54, 1.807) is 0 Å². The van der Waals surface area contributed by atoms with E-state index in [1.807, 2.05) is 5.92 Å². The molecule has 0 amide bonds. The van der Waals surface area contributed by atoms with Crippen LogP contribution in [0, 0.1) is 12.3 Å². The van der Waals surface area contributed by atoms with Crippen LogP contribution in [0.2, 0.25) is 5.28 Å². The fraction of sp³-hybridized carbons (Fsp3) is 0.438. The minimum absolute atomic E-state index is 0.0438. The standard InChI is InChI=1S/C16H16ClN5O8/c1-3-16(28)6(4-29-8(11(23)24)12(25)26)30-15(2,13(16)27)22-5-19-7-9(18)20-14(17)21-10(7)22/h1,5-6,8,13,27-28H,4H2,2H3,(H,23,24)(H,25,26)(H2,18,20,21)/t6-,13+,15-,16-/m1/s1. The fourth-order valence-corrected chi connectivity index (χ4v) is 3.37. The summed E-state index contributed by atoms with van der Waals surface area (Å²) in [5, 5.41) is 39.3. The Morgan fingerprint density at radius 3 is 2.67 bits per heavy atom. The largest absolute Gasteiger partial charge is 0.479 e. The summed E-state index contributed by atoms with van der Waals surface area (Å²) < 4.78 is 11.8. The highest BCUT2D eigenvalue weighted by atomic mass is 35.5. The maximum absolute atomic E-state index is 11.0. The first-order valence-electron chi connectivity index (χ1n) is 8.25. The molecular formula is C16H16ClN5O8. The summed E-state index contributed by atoms with van der Waals surface area (Å²) in [7, 11) is 0. The lowest BCUT2D eigenvalue weighted by molar-refractivity contribution is -0.174. The summed E-state index contributed by atoms with van der Waals surface area (Å²) in [5.74, 6) is -1.58. The average molecular weight is 442 g/mol. The highest BCUT2D eigenvalue weighted by Crippen LogP contribution is 2.43. The van der Waals surface area contributed by atoms with Crippen LogP contribution in [0.1, 0.15) is 6.92 Å². The van der Waals surface area contributed by atoms with Crippen LogP contribution in [0.4, 0.5) is 5.82 Å². The number of hydrogen-bond donors (Lipinski definition) is 5. The van der Waals surface area contributed by atoms with Crippen molar-refractivity contribution < 1.29 is 39.5 Å². The van der Waals surface area contributed by atoms with Crippen molar-refractivity contribution in [3.63, 3.8) is 0 Å². The predicted molar refractivity (Wildman–Crippen MR) is 98.1 cm³/mol. The number of nitrogens with zero attached hydrogens (tertiary/aromatic N) is 4. The Kier molecular flexibility index (Phi) is 5.31. The molecular weight excluding hydrogens is 426 g/mol. The van der Waals surface area contributed by atoms with E-state index in [0.717, 1.165) is 0 Å². The van der Waals surface area contributed by atoms with Gasteiger partial charge in [0.25, 0.3) is 6.10 Å². The van der Waals surface area contributed by atoms with Gasteiger partial charge in [-0.25, -0.2) is 14.6 Å². The number of imidazole rings is 1. The minimum Gasteiger partial charge on any atom is -0.479 e. The molecule has 13 nitrogen and oxygen atoms in total. The number of nitrogens with two attached hydrogens (primary N) is 1. The molecule has 0 radical (unpaired) electrons. The Balaban J connectivity index is 2.00. The Labute approximate surface area is 173 Å². The van der Waals surface area contributed by atoms with E-state index in [1.165, 1.54) is 17.8 Å². The third-order valence-electron chi connectivity index (χ3n) is 4.76. The number of halogens is 1. The zero-order valence-electron chi connectivity index (χ0n) is 15.3. The molecule has 160 valence electrons. The van der Waals surface area contributed by atoms with Crippen LogP contribution in [0.15, 0.2) is 6.33 Å². The van der Waals surface area contributed by atoms with Gasteiger partial charge in [-0.15, -0.1) is 6.42 Å². The smallest absolute Gasteiger partial charge is 0.344 e. The number of fused-ring (bicyclic) bond motifs is 1. The summed E-state index contributed by atoms with van der Waals surface area (Å²) in [5.41, 5.74) is 1.78. The number of carboxylic acid groups (broad SMARTS) is 2. The zero-order valence-corrected chi connectivity index (χ0v) is 16.0. The Morgan fingerprint density at radius 1 is 1.47 bits per heavy atom. The monoisotopic (exact) mass is 441 g/mol. The van der Waals surface area contributed by atoms with E-state index in [4.69, 9.17) is 43.4 Å². The molecule has 0 saturated carbocycles. The van der Waals surface area contributed by atoms with Crippen molar-refractivity contribution in [2.45, 2.75) is 36.6 Å². The highest BCUT2D eigenvalue weighted by molar-refractivity contribution is 6.28. The number of rotatable bonds is 6. The van der Waals surface area contributed by atoms with E-state index in [9.17, 15) is 19.8 Å². The molecule has 0 bridgehead atoms. The molecule has 3 heterocycles. The number of ether oxygens (including phenoxy) is 2. The second kappa shape index (κ2) is 7.35. The summed E-state index contributed by atoms with van der Waals surface area (Å²) in [6, 6.07) is 0. The summed E-state index contributed by atoms with van der Waals surface area (Å²) in [6.07, 6.45) is 1.04. The van der Waals surface area contributed by atoms with E-state index in [2.05, 4.69) is 15.0 Å². The number of aliphatic hydroxyl groups is 2.